The molecular formula is C24H22BF2N2O+. The third-order valence-electron chi connectivity index (χ3n) is 5.13. The van der Waals surface area contributed by atoms with Crippen molar-refractivity contribution in [2.24, 2.45) is 7.05 Å². The number of hydrogen-bond acceptors (Lipinski definition) is 1. The molecule has 0 amide bonds. The molecule has 0 spiro atoms. The van der Waals surface area contributed by atoms with Gasteiger partial charge in [0, 0.05) is 42.2 Å². The van der Waals surface area contributed by atoms with Gasteiger partial charge in [0.15, 0.2) is 11.4 Å². The van der Waals surface area contributed by atoms with Crippen molar-refractivity contribution in [2.45, 2.75) is 6.92 Å². The molecule has 0 saturated carbocycles. The highest BCUT2D eigenvalue weighted by Gasteiger charge is 2.42. The Labute approximate surface area is 175 Å². The first kappa shape index (κ1) is 19.9. The normalized spacial score (nSPS) is 14.6. The average molecular weight is 403 g/mol. The van der Waals surface area contributed by atoms with E-state index in [1.165, 1.54) is 0 Å². The van der Waals surface area contributed by atoms with Crippen LogP contribution in [0.3, 0.4) is 0 Å². The number of allylic oxidation sites excluding steroid dienone is 2. The first-order chi connectivity index (χ1) is 14.6. The van der Waals surface area contributed by atoms with Crippen LogP contribution < -0.4 is 4.74 Å². The number of rotatable bonds is 6. The molecule has 0 N–H and O–H groups in total. The van der Waals surface area contributed by atoms with Crippen molar-refractivity contribution in [2.75, 3.05) is 6.61 Å². The Morgan fingerprint density at radius 3 is 2.33 bits per heavy atom. The lowest BCUT2D eigenvalue weighted by Crippen LogP contribution is -2.25. The molecule has 2 aromatic carbocycles. The molecule has 3 nitrogen and oxygen atoms in total. The average Bonchev–Trinajstić information content (AvgIpc) is 3.34. The van der Waals surface area contributed by atoms with Gasteiger partial charge in [0.2, 0.25) is 0 Å². The van der Waals surface area contributed by atoms with Gasteiger partial charge in [-0.25, -0.2) is 13.1 Å². The molecule has 0 fully saturated rings. The van der Waals surface area contributed by atoms with Crippen LogP contribution in [0, 0.1) is 0 Å². The second-order valence-corrected chi connectivity index (χ2v) is 6.96. The SMILES string of the molecule is CCOc1ccc(C2=[N+](B(F)F)/C(=C\c3ccc(-c4ccccc4)n3C)C=C2)cc1. The van der Waals surface area contributed by atoms with E-state index in [0.717, 1.165) is 32.8 Å². The zero-order chi connectivity index (χ0) is 21.1. The molecule has 0 aliphatic carbocycles. The molecule has 0 unspecified atom stereocenters. The highest BCUT2D eigenvalue weighted by molar-refractivity contribution is 6.36. The molecule has 1 aliphatic heterocycles. The smallest absolute Gasteiger partial charge is 0.494 e. The van der Waals surface area contributed by atoms with Gasteiger partial charge in [-0.05, 0) is 48.9 Å². The van der Waals surface area contributed by atoms with Gasteiger partial charge >= 0.3 is 7.40 Å². The van der Waals surface area contributed by atoms with Crippen molar-refractivity contribution in [3.63, 3.8) is 0 Å². The van der Waals surface area contributed by atoms with E-state index < -0.39 is 7.40 Å². The van der Waals surface area contributed by atoms with Crippen molar-refractivity contribution in [1.82, 2.24) is 4.57 Å². The molecule has 2 heterocycles. The van der Waals surface area contributed by atoms with E-state index in [1.807, 2.05) is 61.0 Å². The summed E-state index contributed by atoms with van der Waals surface area (Å²) in [5.74, 6) is 0.723. The van der Waals surface area contributed by atoms with Crippen LogP contribution in [0.4, 0.5) is 8.63 Å². The third kappa shape index (κ3) is 3.86. The van der Waals surface area contributed by atoms with E-state index in [1.54, 1.807) is 42.5 Å². The van der Waals surface area contributed by atoms with Crippen LogP contribution >= 0.6 is 0 Å². The fraction of sp³-hybridized carbons (Fsp3) is 0.125. The standard InChI is InChI=1S/C24H22BF2N2O/c1-3-30-22-13-9-19(10-14-22)24-16-12-21(29(24)25(26)27)17-20-11-15-23(28(20)2)18-7-5-4-6-8-18/h4-17H,3H2,1-2H3/q+1. The summed E-state index contributed by atoms with van der Waals surface area (Å²) in [7, 11) is -0.710. The van der Waals surface area contributed by atoms with E-state index in [2.05, 4.69) is 0 Å². The lowest BCUT2D eigenvalue weighted by Gasteiger charge is -2.06. The maximum absolute atomic E-state index is 14.0. The van der Waals surface area contributed by atoms with Gasteiger partial charge in [-0.15, -0.1) is 0 Å². The predicted molar refractivity (Wildman–Crippen MR) is 118 cm³/mol. The Kier molecular flexibility index (Phi) is 5.66. The summed E-state index contributed by atoms with van der Waals surface area (Å²) in [5.41, 5.74) is 4.61. The Morgan fingerprint density at radius 1 is 0.933 bits per heavy atom. The van der Waals surface area contributed by atoms with Crippen LogP contribution in [0.5, 0.6) is 5.75 Å². The van der Waals surface area contributed by atoms with E-state index in [9.17, 15) is 8.63 Å². The van der Waals surface area contributed by atoms with Crippen molar-refractivity contribution in [3.05, 3.63) is 95.8 Å². The van der Waals surface area contributed by atoms with Crippen LogP contribution in [0.25, 0.3) is 17.3 Å². The maximum atomic E-state index is 14.0. The largest absolute Gasteiger partial charge is 0.935 e. The lowest BCUT2D eigenvalue weighted by atomic mass is 10.1. The monoisotopic (exact) mass is 403 g/mol. The highest BCUT2D eigenvalue weighted by atomic mass is 19.2. The molecule has 6 heteroatoms. The predicted octanol–water partition coefficient (Wildman–Crippen LogP) is 5.43. The first-order valence-electron chi connectivity index (χ1n) is 9.87. The molecule has 4 rings (SSSR count). The van der Waals surface area contributed by atoms with Crippen LogP contribution in [-0.4, -0.2) is 28.8 Å². The molecule has 0 atom stereocenters. The van der Waals surface area contributed by atoms with Gasteiger partial charge < -0.3 is 9.30 Å². The van der Waals surface area contributed by atoms with Crippen LogP contribution in [0.1, 0.15) is 18.2 Å². The number of ether oxygens (including phenoxy) is 1. The van der Waals surface area contributed by atoms with Crippen molar-refractivity contribution < 1.29 is 17.9 Å². The summed E-state index contributed by atoms with van der Waals surface area (Å²) < 4.78 is 36.5. The van der Waals surface area contributed by atoms with Crippen LogP contribution in [-0.2, 0) is 7.05 Å². The summed E-state index contributed by atoms with van der Waals surface area (Å²) in [6.07, 6.45) is 5.25. The summed E-state index contributed by atoms with van der Waals surface area (Å²) in [4.78, 5) is 0. The fourth-order valence-corrected chi connectivity index (χ4v) is 3.65. The molecule has 3 aromatic rings. The quantitative estimate of drug-likeness (QED) is 0.502. The number of hydrogen-bond donors (Lipinski definition) is 0. The first-order valence-corrected chi connectivity index (χ1v) is 9.87. The minimum Gasteiger partial charge on any atom is -0.494 e. The van der Waals surface area contributed by atoms with Crippen molar-refractivity contribution in [1.29, 1.82) is 0 Å². The third-order valence-corrected chi connectivity index (χ3v) is 5.13. The summed E-state index contributed by atoms with van der Waals surface area (Å²) in [6, 6.07) is 21.2. The topological polar surface area (TPSA) is 17.2 Å². The van der Waals surface area contributed by atoms with E-state index in [0.29, 0.717) is 18.0 Å². The van der Waals surface area contributed by atoms with E-state index in [4.69, 9.17) is 4.74 Å². The van der Waals surface area contributed by atoms with Gasteiger partial charge in [0.1, 0.15) is 5.75 Å². The van der Waals surface area contributed by atoms with Crippen molar-refractivity contribution >= 4 is 19.2 Å². The van der Waals surface area contributed by atoms with Crippen LogP contribution in [0.15, 0.2) is 84.6 Å². The molecule has 0 saturated heterocycles. The van der Waals surface area contributed by atoms with Gasteiger partial charge in [-0.3, -0.25) is 0 Å². The molecule has 150 valence electrons. The Balaban J connectivity index is 1.70. The molecule has 1 aromatic heterocycles. The number of nitrogens with zero attached hydrogens (tertiary/aromatic N) is 2. The number of halogens is 2. The second kappa shape index (κ2) is 8.53. The van der Waals surface area contributed by atoms with Gasteiger partial charge in [-0.2, -0.15) is 0 Å². The molecule has 0 bridgehead atoms. The Morgan fingerprint density at radius 2 is 1.67 bits per heavy atom. The minimum atomic E-state index is -2.65. The zero-order valence-corrected chi connectivity index (χ0v) is 16.9. The van der Waals surface area contributed by atoms with E-state index >= 15 is 0 Å². The van der Waals surface area contributed by atoms with Gasteiger partial charge in [-0.1, -0.05) is 30.3 Å². The summed E-state index contributed by atoms with van der Waals surface area (Å²) in [5, 5.41) is 0. The van der Waals surface area contributed by atoms with Gasteiger partial charge in [0.25, 0.3) is 0 Å². The van der Waals surface area contributed by atoms with E-state index in [-0.39, 0.29) is 0 Å². The summed E-state index contributed by atoms with van der Waals surface area (Å²) in [6.45, 7) is 2.47. The van der Waals surface area contributed by atoms with Crippen LogP contribution in [0.2, 0.25) is 0 Å². The second-order valence-electron chi connectivity index (χ2n) is 6.96. The summed E-state index contributed by atoms with van der Waals surface area (Å²) >= 11 is 0. The Bertz CT molecular complexity index is 1130. The number of aromatic nitrogens is 1. The van der Waals surface area contributed by atoms with Gasteiger partial charge in [0.05, 0.1) is 6.61 Å². The molecular weight excluding hydrogens is 381 g/mol. The number of benzene rings is 2. The Hall–Kier alpha value is -3.41. The molecule has 1 aliphatic rings. The zero-order valence-electron chi connectivity index (χ0n) is 16.9. The molecule has 0 radical (unpaired) electrons. The highest BCUT2D eigenvalue weighted by Crippen LogP contribution is 2.25. The maximum Gasteiger partial charge on any atom is 0.935 e. The lowest BCUT2D eigenvalue weighted by molar-refractivity contribution is -0.339. The fourth-order valence-electron chi connectivity index (χ4n) is 3.65. The molecule has 30 heavy (non-hydrogen) atoms. The van der Waals surface area contributed by atoms with Crippen molar-refractivity contribution in [3.8, 4) is 17.0 Å². The minimum absolute atomic E-state index is 0.453.